The summed E-state index contributed by atoms with van der Waals surface area (Å²) < 4.78 is 16.4. The molecule has 1 aliphatic heterocycles. The molecule has 2 heterocycles. The summed E-state index contributed by atoms with van der Waals surface area (Å²) in [5.41, 5.74) is 0.930. The summed E-state index contributed by atoms with van der Waals surface area (Å²) in [6, 6.07) is 9.56. The van der Waals surface area contributed by atoms with Crippen LogP contribution in [0.1, 0.15) is 16.7 Å². The fraction of sp³-hybridized carbons (Fsp3) is 0.389. The van der Waals surface area contributed by atoms with Crippen LogP contribution in [0, 0.1) is 0 Å². The third-order valence-corrected chi connectivity index (χ3v) is 6.16. The first-order valence-corrected chi connectivity index (χ1v) is 10.2. The van der Waals surface area contributed by atoms with Crippen LogP contribution < -0.4 is 9.47 Å². The van der Waals surface area contributed by atoms with Crippen LogP contribution in [0.25, 0.3) is 0 Å². The highest BCUT2D eigenvalue weighted by molar-refractivity contribution is 8.00. The first kappa shape index (κ1) is 18.1. The molecule has 2 aromatic rings. The molecule has 7 heteroatoms. The molecular formula is C18H21NO4S2. The van der Waals surface area contributed by atoms with Gasteiger partial charge in [-0.3, -0.25) is 4.79 Å². The standard InChI is InChI=1S/C18H21NO4S2/c1-21-14-6-3-7-15(22-2)17(14)18-19(16(20)12-25-18)8-10-24-11-13-5-4-9-23-13/h3-7,9,18H,8,10-12H2,1-2H3. The van der Waals surface area contributed by atoms with Gasteiger partial charge in [-0.05, 0) is 24.3 Å². The topological polar surface area (TPSA) is 51.9 Å². The van der Waals surface area contributed by atoms with E-state index in [0.29, 0.717) is 12.3 Å². The van der Waals surface area contributed by atoms with Crippen LogP contribution in [0.15, 0.2) is 41.0 Å². The Morgan fingerprint density at radius 1 is 1.24 bits per heavy atom. The first-order valence-electron chi connectivity index (χ1n) is 7.96. The number of carbonyl (C=O) groups excluding carboxylic acids is 1. The molecule has 0 spiro atoms. The van der Waals surface area contributed by atoms with Gasteiger partial charge in [0.15, 0.2) is 0 Å². The number of ether oxygens (including phenoxy) is 2. The van der Waals surface area contributed by atoms with Gasteiger partial charge in [0, 0.05) is 12.3 Å². The largest absolute Gasteiger partial charge is 0.496 e. The molecule has 0 aliphatic carbocycles. The molecule has 1 amide bonds. The molecule has 1 aromatic carbocycles. The third-order valence-electron chi connectivity index (χ3n) is 3.98. The number of furan rings is 1. The van der Waals surface area contributed by atoms with E-state index in [9.17, 15) is 4.79 Å². The zero-order valence-corrected chi connectivity index (χ0v) is 15.9. The van der Waals surface area contributed by atoms with Crippen molar-refractivity contribution in [2.75, 3.05) is 32.3 Å². The normalized spacial score (nSPS) is 17.1. The number of methoxy groups -OCH3 is 2. The van der Waals surface area contributed by atoms with E-state index in [1.165, 1.54) is 0 Å². The number of hydrogen-bond acceptors (Lipinski definition) is 6. The van der Waals surface area contributed by atoms with E-state index < -0.39 is 0 Å². The van der Waals surface area contributed by atoms with Gasteiger partial charge in [0.1, 0.15) is 22.6 Å². The average molecular weight is 380 g/mol. The minimum Gasteiger partial charge on any atom is -0.496 e. The maximum Gasteiger partial charge on any atom is 0.233 e. The van der Waals surface area contributed by atoms with Crippen molar-refractivity contribution in [3.63, 3.8) is 0 Å². The van der Waals surface area contributed by atoms with Gasteiger partial charge < -0.3 is 18.8 Å². The van der Waals surface area contributed by atoms with Crippen molar-refractivity contribution >= 4 is 29.4 Å². The Kier molecular flexibility index (Phi) is 6.20. The molecule has 1 aromatic heterocycles. The molecule has 5 nitrogen and oxygen atoms in total. The van der Waals surface area contributed by atoms with E-state index in [-0.39, 0.29) is 11.3 Å². The second kappa shape index (κ2) is 8.58. The SMILES string of the molecule is COc1cccc(OC)c1C1SCC(=O)N1CCSCc1ccco1. The number of carbonyl (C=O) groups is 1. The predicted octanol–water partition coefficient (Wildman–Crippen LogP) is 3.80. The van der Waals surface area contributed by atoms with Gasteiger partial charge in [0.2, 0.25) is 5.91 Å². The van der Waals surface area contributed by atoms with E-state index in [1.807, 2.05) is 35.2 Å². The number of thioether (sulfide) groups is 2. The van der Waals surface area contributed by atoms with E-state index in [1.54, 1.807) is 44.0 Å². The summed E-state index contributed by atoms with van der Waals surface area (Å²) >= 11 is 3.37. The number of rotatable bonds is 8. The molecule has 1 atom stereocenters. The number of amides is 1. The maximum absolute atomic E-state index is 12.4. The van der Waals surface area contributed by atoms with Crippen LogP contribution in [0.5, 0.6) is 11.5 Å². The van der Waals surface area contributed by atoms with Crippen LogP contribution in [0.3, 0.4) is 0 Å². The molecule has 0 radical (unpaired) electrons. The lowest BCUT2D eigenvalue weighted by atomic mass is 10.1. The second-order valence-corrected chi connectivity index (χ2v) is 7.63. The fourth-order valence-electron chi connectivity index (χ4n) is 2.79. The summed E-state index contributed by atoms with van der Waals surface area (Å²) in [4.78, 5) is 14.3. The Balaban J connectivity index is 1.69. The highest BCUT2D eigenvalue weighted by Gasteiger charge is 2.36. The monoisotopic (exact) mass is 379 g/mol. The molecule has 1 unspecified atom stereocenters. The smallest absolute Gasteiger partial charge is 0.233 e. The van der Waals surface area contributed by atoms with E-state index in [4.69, 9.17) is 13.9 Å². The zero-order valence-electron chi connectivity index (χ0n) is 14.3. The highest BCUT2D eigenvalue weighted by atomic mass is 32.2. The third kappa shape index (κ3) is 4.10. The van der Waals surface area contributed by atoms with Gasteiger partial charge in [-0.2, -0.15) is 11.8 Å². The predicted molar refractivity (Wildman–Crippen MR) is 101 cm³/mol. The molecule has 0 bridgehead atoms. The number of nitrogens with zero attached hydrogens (tertiary/aromatic N) is 1. The van der Waals surface area contributed by atoms with Crippen LogP contribution in [0.4, 0.5) is 0 Å². The number of hydrogen-bond donors (Lipinski definition) is 0. The van der Waals surface area contributed by atoms with Crippen LogP contribution >= 0.6 is 23.5 Å². The van der Waals surface area contributed by atoms with Gasteiger partial charge in [-0.25, -0.2) is 0 Å². The van der Waals surface area contributed by atoms with Crippen molar-refractivity contribution < 1.29 is 18.7 Å². The Labute approximate surface area is 156 Å². The van der Waals surface area contributed by atoms with Crippen LogP contribution in [0.2, 0.25) is 0 Å². The van der Waals surface area contributed by atoms with Gasteiger partial charge in [0.25, 0.3) is 0 Å². The fourth-order valence-corrected chi connectivity index (χ4v) is 4.89. The Morgan fingerprint density at radius 2 is 2.00 bits per heavy atom. The molecular weight excluding hydrogens is 358 g/mol. The van der Waals surface area contributed by atoms with Gasteiger partial charge in [-0.15, -0.1) is 11.8 Å². The van der Waals surface area contributed by atoms with E-state index in [0.717, 1.165) is 34.3 Å². The molecule has 1 fully saturated rings. The Morgan fingerprint density at radius 3 is 2.64 bits per heavy atom. The molecule has 1 aliphatic rings. The Bertz CT molecular complexity index is 683. The lowest BCUT2D eigenvalue weighted by Gasteiger charge is -2.26. The molecule has 25 heavy (non-hydrogen) atoms. The summed E-state index contributed by atoms with van der Waals surface area (Å²) in [6.45, 7) is 0.684. The minimum atomic E-state index is -0.0807. The maximum atomic E-state index is 12.4. The van der Waals surface area contributed by atoms with Gasteiger partial charge in [0.05, 0.1) is 37.6 Å². The van der Waals surface area contributed by atoms with Crippen molar-refractivity contribution in [2.24, 2.45) is 0 Å². The summed E-state index contributed by atoms with van der Waals surface area (Å²) in [5, 5.41) is -0.0807. The molecule has 3 rings (SSSR count). The average Bonchev–Trinajstić information content (AvgIpc) is 3.28. The lowest BCUT2D eigenvalue weighted by molar-refractivity contribution is -0.127. The minimum absolute atomic E-state index is 0.0807. The molecule has 0 N–H and O–H groups in total. The van der Waals surface area contributed by atoms with E-state index >= 15 is 0 Å². The zero-order chi connectivity index (χ0) is 17.6. The molecule has 0 saturated carbocycles. The van der Waals surface area contributed by atoms with Crippen LogP contribution in [-0.4, -0.2) is 43.1 Å². The van der Waals surface area contributed by atoms with Crippen molar-refractivity contribution in [1.29, 1.82) is 0 Å². The summed E-state index contributed by atoms with van der Waals surface area (Å²) in [7, 11) is 3.28. The summed E-state index contributed by atoms with van der Waals surface area (Å²) in [6.07, 6.45) is 1.68. The van der Waals surface area contributed by atoms with Crippen molar-refractivity contribution in [1.82, 2.24) is 4.90 Å². The van der Waals surface area contributed by atoms with Crippen molar-refractivity contribution in [3.05, 3.63) is 47.9 Å². The molecule has 134 valence electrons. The Hall–Kier alpha value is -1.73. The lowest BCUT2D eigenvalue weighted by Crippen LogP contribution is -2.30. The van der Waals surface area contributed by atoms with Gasteiger partial charge >= 0.3 is 0 Å². The summed E-state index contributed by atoms with van der Waals surface area (Å²) in [5.74, 6) is 4.75. The molecule has 1 saturated heterocycles. The van der Waals surface area contributed by atoms with Crippen LogP contribution in [-0.2, 0) is 10.5 Å². The van der Waals surface area contributed by atoms with Gasteiger partial charge in [-0.1, -0.05) is 6.07 Å². The van der Waals surface area contributed by atoms with E-state index in [2.05, 4.69) is 0 Å². The van der Waals surface area contributed by atoms with Crippen molar-refractivity contribution in [3.8, 4) is 11.5 Å². The van der Waals surface area contributed by atoms with Crippen molar-refractivity contribution in [2.45, 2.75) is 11.1 Å². The first-order chi connectivity index (χ1) is 12.2. The number of benzene rings is 1. The second-order valence-electron chi connectivity index (χ2n) is 5.46. The highest BCUT2D eigenvalue weighted by Crippen LogP contribution is 2.46. The quantitative estimate of drug-likeness (QED) is 0.650.